The molecular formula is C21H28F2N4O3S. The predicted molar refractivity (Wildman–Crippen MR) is 114 cm³/mol. The summed E-state index contributed by atoms with van der Waals surface area (Å²) in [5, 5.41) is 2.80. The van der Waals surface area contributed by atoms with Crippen molar-refractivity contribution in [2.75, 3.05) is 32.5 Å². The van der Waals surface area contributed by atoms with E-state index < -0.39 is 28.4 Å². The Morgan fingerprint density at radius 2 is 1.74 bits per heavy atom. The summed E-state index contributed by atoms with van der Waals surface area (Å²) in [5.41, 5.74) is 5.33. The van der Waals surface area contributed by atoms with Crippen molar-refractivity contribution in [2.24, 2.45) is 0 Å². The summed E-state index contributed by atoms with van der Waals surface area (Å²) in [6.07, 6.45) is 3.86. The molecule has 1 heterocycles. The number of nitrogens with zero attached hydrogens (tertiary/aromatic N) is 2. The van der Waals surface area contributed by atoms with E-state index >= 15 is 0 Å². The van der Waals surface area contributed by atoms with Gasteiger partial charge in [0, 0.05) is 37.4 Å². The zero-order valence-corrected chi connectivity index (χ0v) is 18.6. The van der Waals surface area contributed by atoms with Crippen molar-refractivity contribution in [1.82, 2.24) is 13.9 Å². The van der Waals surface area contributed by atoms with Crippen molar-refractivity contribution >= 4 is 21.9 Å². The van der Waals surface area contributed by atoms with Crippen LogP contribution in [0.1, 0.15) is 41.5 Å². The Morgan fingerprint density at radius 1 is 1.13 bits per heavy atom. The van der Waals surface area contributed by atoms with Gasteiger partial charge in [-0.3, -0.25) is 0 Å². The molecule has 170 valence electrons. The van der Waals surface area contributed by atoms with E-state index in [0.717, 1.165) is 59.6 Å². The lowest BCUT2D eigenvalue weighted by atomic mass is 9.99. The van der Waals surface area contributed by atoms with E-state index in [9.17, 15) is 22.0 Å². The van der Waals surface area contributed by atoms with Crippen LogP contribution in [-0.4, -0.2) is 56.9 Å². The zero-order chi connectivity index (χ0) is 22.3. The molecule has 0 aromatic heterocycles. The second kappa shape index (κ2) is 8.48. The van der Waals surface area contributed by atoms with Gasteiger partial charge in [0.25, 0.3) is 6.08 Å². The molecule has 0 radical (unpaired) electrons. The fourth-order valence-electron chi connectivity index (χ4n) is 5.04. The van der Waals surface area contributed by atoms with E-state index in [2.05, 4.69) is 16.1 Å². The second-order valence-corrected chi connectivity index (χ2v) is 10.5. The van der Waals surface area contributed by atoms with Crippen molar-refractivity contribution < 1.29 is 22.0 Å². The van der Waals surface area contributed by atoms with Crippen LogP contribution in [0.25, 0.3) is 0 Å². The average molecular weight is 455 g/mol. The molecule has 1 aliphatic heterocycles. The zero-order valence-electron chi connectivity index (χ0n) is 17.8. The highest BCUT2D eigenvalue weighted by atomic mass is 32.2. The number of benzene rings is 1. The third kappa shape index (κ3) is 4.47. The number of amides is 2. The van der Waals surface area contributed by atoms with Gasteiger partial charge in [0.2, 0.25) is 0 Å². The quantitative estimate of drug-likeness (QED) is 0.733. The number of hydrogen-bond acceptors (Lipinski definition) is 4. The van der Waals surface area contributed by atoms with Gasteiger partial charge >= 0.3 is 16.2 Å². The molecular weight excluding hydrogens is 426 g/mol. The molecule has 10 heteroatoms. The minimum atomic E-state index is -4.20. The van der Waals surface area contributed by atoms with Crippen LogP contribution in [0, 0.1) is 0 Å². The molecule has 31 heavy (non-hydrogen) atoms. The van der Waals surface area contributed by atoms with E-state index in [4.69, 9.17) is 0 Å². The number of hydrogen-bond donors (Lipinski definition) is 2. The SMILES string of the molecule is CN1CC(=C(F)F)CC(N(C)S(=O)(=O)NC(=O)Nc2c3c(cc4c2CCC4)CCC3)C1. The third-order valence-electron chi connectivity index (χ3n) is 6.56. The van der Waals surface area contributed by atoms with Gasteiger partial charge in [-0.2, -0.15) is 21.5 Å². The van der Waals surface area contributed by atoms with E-state index in [1.165, 1.54) is 18.2 Å². The number of aryl methyl sites for hydroxylation is 2. The minimum absolute atomic E-state index is 0.0641. The number of rotatable bonds is 4. The molecule has 1 aromatic carbocycles. The van der Waals surface area contributed by atoms with Crippen molar-refractivity contribution in [1.29, 1.82) is 0 Å². The summed E-state index contributed by atoms with van der Waals surface area (Å²) in [6, 6.07) is 0.719. The van der Waals surface area contributed by atoms with Gasteiger partial charge in [0.15, 0.2) is 0 Å². The smallest absolute Gasteiger partial charge is 0.307 e. The number of likely N-dealkylation sites (N-methyl/N-ethyl adjacent to an activating group) is 2. The molecule has 1 aromatic rings. The minimum Gasteiger partial charge on any atom is -0.307 e. The first-order valence-electron chi connectivity index (χ1n) is 10.6. The summed E-state index contributed by atoms with van der Waals surface area (Å²) in [5.74, 6) is 0. The maximum Gasteiger partial charge on any atom is 0.333 e. The first-order chi connectivity index (χ1) is 14.7. The first kappa shape index (κ1) is 22.2. The molecule has 7 nitrogen and oxygen atoms in total. The first-order valence-corrected chi connectivity index (χ1v) is 12.0. The van der Waals surface area contributed by atoms with Gasteiger partial charge in [0.05, 0.1) is 0 Å². The van der Waals surface area contributed by atoms with Crippen molar-refractivity contribution in [2.45, 2.75) is 51.0 Å². The summed E-state index contributed by atoms with van der Waals surface area (Å²) in [4.78, 5) is 14.3. The van der Waals surface area contributed by atoms with Crippen molar-refractivity contribution in [3.05, 3.63) is 40.0 Å². The summed E-state index contributed by atoms with van der Waals surface area (Å²) in [6.45, 7) is 0.403. The highest BCUT2D eigenvalue weighted by molar-refractivity contribution is 7.87. The summed E-state index contributed by atoms with van der Waals surface area (Å²) < 4.78 is 54.9. The molecule has 1 atom stereocenters. The number of piperidine rings is 1. The van der Waals surface area contributed by atoms with E-state index in [0.29, 0.717) is 6.54 Å². The van der Waals surface area contributed by atoms with Gasteiger partial charge in [-0.15, -0.1) is 0 Å². The Bertz CT molecular complexity index is 1010. The number of urea groups is 1. The average Bonchev–Trinajstić information content (AvgIpc) is 3.35. The molecule has 1 unspecified atom stereocenters. The Labute approximate surface area is 181 Å². The van der Waals surface area contributed by atoms with Crippen LogP contribution >= 0.6 is 0 Å². The lowest BCUT2D eigenvalue weighted by Gasteiger charge is -2.35. The van der Waals surface area contributed by atoms with Gasteiger partial charge < -0.3 is 10.2 Å². The molecule has 0 spiro atoms. The molecule has 0 saturated carbocycles. The van der Waals surface area contributed by atoms with Crippen molar-refractivity contribution in [3.8, 4) is 0 Å². The molecule has 2 N–H and O–H groups in total. The van der Waals surface area contributed by atoms with Crippen LogP contribution in [0.15, 0.2) is 17.7 Å². The van der Waals surface area contributed by atoms with Gasteiger partial charge in [-0.1, -0.05) is 6.07 Å². The number of likely N-dealkylation sites (tertiary alicyclic amines) is 1. The molecule has 1 saturated heterocycles. The van der Waals surface area contributed by atoms with Crippen LogP contribution in [0.4, 0.5) is 19.3 Å². The number of halogens is 2. The largest absolute Gasteiger partial charge is 0.333 e. The third-order valence-corrected chi connectivity index (χ3v) is 8.06. The standard InChI is InChI=1S/C21H28F2N4O3S/c1-26-11-15(20(22)23)10-16(12-26)27(2)31(29,30)25-21(28)24-19-17-7-3-5-13(17)9-14-6-4-8-18(14)19/h9,16H,3-8,10-12H2,1-2H3,(H2,24,25,28). The van der Waals surface area contributed by atoms with Crippen LogP contribution in [0.2, 0.25) is 0 Å². The highest BCUT2D eigenvalue weighted by Crippen LogP contribution is 2.38. The van der Waals surface area contributed by atoms with Crippen molar-refractivity contribution in [3.63, 3.8) is 0 Å². The van der Waals surface area contributed by atoms with Gasteiger partial charge in [-0.05, 0) is 74.2 Å². The maximum atomic E-state index is 13.1. The molecule has 0 bridgehead atoms. The number of fused-ring (bicyclic) bond motifs is 2. The number of anilines is 1. The fraction of sp³-hybridized carbons (Fsp3) is 0.571. The topological polar surface area (TPSA) is 81.8 Å². The van der Waals surface area contributed by atoms with Gasteiger partial charge in [0.1, 0.15) is 0 Å². The fourth-order valence-corrected chi connectivity index (χ4v) is 6.00. The number of carbonyl (C=O) groups excluding carboxylic acids is 1. The monoisotopic (exact) mass is 454 g/mol. The maximum absolute atomic E-state index is 13.1. The summed E-state index contributed by atoms with van der Waals surface area (Å²) in [7, 11) is -1.23. The number of nitrogens with one attached hydrogen (secondary N) is 2. The molecule has 4 rings (SSSR count). The van der Waals surface area contributed by atoms with Crippen LogP contribution in [-0.2, 0) is 35.9 Å². The summed E-state index contributed by atoms with van der Waals surface area (Å²) >= 11 is 0. The van der Waals surface area contributed by atoms with Crippen LogP contribution in [0.5, 0.6) is 0 Å². The Morgan fingerprint density at radius 3 is 2.32 bits per heavy atom. The van der Waals surface area contributed by atoms with Crippen LogP contribution < -0.4 is 10.0 Å². The molecule has 1 fully saturated rings. The Kier molecular flexibility index (Phi) is 6.06. The molecule has 2 amide bonds. The van der Waals surface area contributed by atoms with Gasteiger partial charge in [-0.25, -0.2) is 9.52 Å². The lowest BCUT2D eigenvalue weighted by Crippen LogP contribution is -2.52. The Hall–Kier alpha value is -2.04. The lowest BCUT2D eigenvalue weighted by molar-refractivity contribution is 0.212. The van der Waals surface area contributed by atoms with E-state index in [1.807, 2.05) is 0 Å². The van der Waals surface area contributed by atoms with E-state index in [1.54, 1.807) is 11.9 Å². The van der Waals surface area contributed by atoms with Crippen LogP contribution in [0.3, 0.4) is 0 Å². The normalized spacial score (nSPS) is 21.2. The molecule has 2 aliphatic carbocycles. The molecule has 3 aliphatic rings. The predicted octanol–water partition coefficient (Wildman–Crippen LogP) is 2.82. The second-order valence-electron chi connectivity index (χ2n) is 8.73. The van der Waals surface area contributed by atoms with E-state index in [-0.39, 0.29) is 18.5 Å². The Balaban J connectivity index is 1.50. The number of carbonyl (C=O) groups is 1. The highest BCUT2D eigenvalue weighted by Gasteiger charge is 2.34.